The zero-order valence-corrected chi connectivity index (χ0v) is 12.0. The minimum atomic E-state index is -0.337. The van der Waals surface area contributed by atoms with Crippen LogP contribution in [0.4, 0.5) is 0 Å². The van der Waals surface area contributed by atoms with E-state index in [0.717, 1.165) is 15.6 Å². The molecule has 15 heavy (non-hydrogen) atoms. The summed E-state index contributed by atoms with van der Waals surface area (Å²) in [5, 5.41) is 0. The van der Waals surface area contributed by atoms with Crippen LogP contribution in [0.3, 0.4) is 0 Å². The van der Waals surface area contributed by atoms with Crippen LogP contribution in [0, 0.1) is 10.5 Å². The van der Waals surface area contributed by atoms with Gasteiger partial charge in [0.1, 0.15) is 0 Å². The van der Waals surface area contributed by atoms with Crippen LogP contribution in [0.1, 0.15) is 33.8 Å². The fourth-order valence-electron chi connectivity index (χ4n) is 1.73. The predicted molar refractivity (Wildman–Crippen MR) is 72.5 cm³/mol. The molecule has 1 aromatic carbocycles. The van der Waals surface area contributed by atoms with Gasteiger partial charge in [0, 0.05) is 8.40 Å². The fourth-order valence-corrected chi connectivity index (χ4v) is 3.40. The zero-order valence-electron chi connectivity index (χ0n) is 8.26. The summed E-state index contributed by atoms with van der Waals surface area (Å²) < 4.78 is 1.01. The molecule has 1 amide bonds. The molecule has 1 aromatic rings. The number of aryl methyl sites for hydroxylation is 1. The van der Waals surface area contributed by atoms with Gasteiger partial charge in [0.05, 0.1) is 5.56 Å². The van der Waals surface area contributed by atoms with E-state index in [1.165, 1.54) is 5.56 Å². The molecule has 2 rings (SSSR count). The average molecular weight is 380 g/mol. The van der Waals surface area contributed by atoms with Gasteiger partial charge in [-0.25, -0.2) is 0 Å². The van der Waals surface area contributed by atoms with Crippen LogP contribution in [0.5, 0.6) is 0 Å². The molecule has 1 aliphatic carbocycles. The molecule has 2 atom stereocenters. The Balaban J connectivity index is 2.50. The molecule has 0 radical (unpaired) electrons. The number of hydrogen-bond acceptors (Lipinski definition) is 1. The van der Waals surface area contributed by atoms with Gasteiger partial charge >= 0.3 is 0 Å². The Labute approximate surface area is 111 Å². The van der Waals surface area contributed by atoms with E-state index in [2.05, 4.69) is 44.6 Å². The van der Waals surface area contributed by atoms with E-state index in [1.54, 1.807) is 0 Å². The molecule has 4 heteroatoms. The number of carbonyl (C=O) groups is 1. The first-order chi connectivity index (χ1) is 7.00. The van der Waals surface area contributed by atoms with E-state index in [4.69, 9.17) is 5.73 Å². The van der Waals surface area contributed by atoms with Gasteiger partial charge < -0.3 is 5.73 Å². The summed E-state index contributed by atoms with van der Waals surface area (Å²) in [6.45, 7) is 2.00. The third-order valence-corrected chi connectivity index (χ3v) is 4.84. The summed E-state index contributed by atoms with van der Waals surface area (Å²) in [5.74, 6) is 0.214. The predicted octanol–water partition coefficient (Wildman–Crippen LogP) is 2.95. The van der Waals surface area contributed by atoms with E-state index >= 15 is 0 Å². The third kappa shape index (κ3) is 2.20. The van der Waals surface area contributed by atoms with Gasteiger partial charge in [-0.3, -0.25) is 4.79 Å². The lowest BCUT2D eigenvalue weighted by Gasteiger charge is -2.08. The molecule has 0 bridgehead atoms. The maximum Gasteiger partial charge on any atom is 0.249 e. The Kier molecular flexibility index (Phi) is 3.07. The van der Waals surface area contributed by atoms with E-state index < -0.39 is 0 Å². The number of primary amides is 1. The van der Waals surface area contributed by atoms with E-state index in [0.29, 0.717) is 16.3 Å². The molecule has 0 aromatic heterocycles. The van der Waals surface area contributed by atoms with Crippen LogP contribution in [0.15, 0.2) is 12.1 Å². The number of benzene rings is 1. The van der Waals surface area contributed by atoms with Crippen molar-refractivity contribution in [2.75, 3.05) is 0 Å². The number of halogens is 2. The maximum absolute atomic E-state index is 11.3. The van der Waals surface area contributed by atoms with Crippen LogP contribution in [-0.4, -0.2) is 10.7 Å². The number of amides is 1. The minimum absolute atomic E-state index is 0.337. The summed E-state index contributed by atoms with van der Waals surface area (Å²) in [5.41, 5.74) is 8.36. The molecule has 0 aliphatic heterocycles. The Morgan fingerprint density at radius 1 is 1.60 bits per heavy atom. The van der Waals surface area contributed by atoms with Crippen molar-refractivity contribution in [2.45, 2.75) is 24.1 Å². The third-order valence-electron chi connectivity index (χ3n) is 2.62. The van der Waals surface area contributed by atoms with Crippen LogP contribution in [-0.2, 0) is 0 Å². The quantitative estimate of drug-likeness (QED) is 0.623. The van der Waals surface area contributed by atoms with Crippen molar-refractivity contribution in [3.8, 4) is 0 Å². The molecule has 1 fully saturated rings. The number of nitrogens with two attached hydrogens (primary N) is 1. The van der Waals surface area contributed by atoms with Gasteiger partial charge in [0.25, 0.3) is 0 Å². The van der Waals surface area contributed by atoms with Crippen molar-refractivity contribution in [1.82, 2.24) is 0 Å². The van der Waals surface area contributed by atoms with E-state index in [1.807, 2.05) is 13.0 Å². The van der Waals surface area contributed by atoms with Crippen LogP contribution < -0.4 is 5.73 Å². The van der Waals surface area contributed by atoms with Gasteiger partial charge in [0.2, 0.25) is 5.91 Å². The van der Waals surface area contributed by atoms with Crippen LogP contribution in [0.2, 0.25) is 0 Å². The van der Waals surface area contributed by atoms with Gasteiger partial charge in [-0.05, 0) is 59.0 Å². The van der Waals surface area contributed by atoms with Gasteiger partial charge in [-0.15, -0.1) is 0 Å². The highest BCUT2D eigenvalue weighted by Crippen LogP contribution is 2.48. The Morgan fingerprint density at radius 2 is 2.20 bits per heavy atom. The molecule has 0 spiro atoms. The largest absolute Gasteiger partial charge is 0.366 e. The molecule has 80 valence electrons. The summed E-state index contributed by atoms with van der Waals surface area (Å²) in [4.78, 5) is 11.8. The number of carbonyl (C=O) groups excluding carboxylic acids is 1. The first-order valence-electron chi connectivity index (χ1n) is 4.74. The molecular formula is C11H11BrINO. The smallest absolute Gasteiger partial charge is 0.249 e. The van der Waals surface area contributed by atoms with Crippen LogP contribution >= 0.6 is 38.5 Å². The SMILES string of the molecule is Cc1cc(C(N)=O)c(I)c(C2CC2Br)c1. The van der Waals surface area contributed by atoms with E-state index in [9.17, 15) is 4.79 Å². The fraction of sp³-hybridized carbons (Fsp3) is 0.364. The summed E-state index contributed by atoms with van der Waals surface area (Å²) >= 11 is 5.80. The highest BCUT2D eigenvalue weighted by Gasteiger charge is 2.37. The standard InChI is InChI=1S/C11H11BrINO/c1-5-2-7(6-4-9(6)12)10(13)8(3-5)11(14)15/h2-3,6,9H,4H2,1H3,(H2,14,15). The van der Waals surface area contributed by atoms with Crippen molar-refractivity contribution in [2.24, 2.45) is 5.73 Å². The van der Waals surface area contributed by atoms with Gasteiger partial charge in [0.15, 0.2) is 0 Å². The second kappa shape index (κ2) is 4.05. The first-order valence-corrected chi connectivity index (χ1v) is 6.74. The molecule has 1 saturated carbocycles. The van der Waals surface area contributed by atoms with Crippen molar-refractivity contribution >= 4 is 44.4 Å². The van der Waals surface area contributed by atoms with Crippen molar-refractivity contribution in [3.05, 3.63) is 32.4 Å². The number of alkyl halides is 1. The molecule has 0 heterocycles. The lowest BCUT2D eigenvalue weighted by Crippen LogP contribution is -2.14. The van der Waals surface area contributed by atoms with Crippen molar-refractivity contribution in [3.63, 3.8) is 0 Å². The first kappa shape index (κ1) is 11.4. The van der Waals surface area contributed by atoms with Crippen molar-refractivity contribution < 1.29 is 4.79 Å². The zero-order chi connectivity index (χ0) is 11.2. The minimum Gasteiger partial charge on any atom is -0.366 e. The van der Waals surface area contributed by atoms with Crippen molar-refractivity contribution in [1.29, 1.82) is 0 Å². The maximum atomic E-state index is 11.3. The monoisotopic (exact) mass is 379 g/mol. The Hall–Kier alpha value is -0.1000. The topological polar surface area (TPSA) is 43.1 Å². The highest BCUT2D eigenvalue weighted by atomic mass is 127. The summed E-state index contributed by atoms with van der Waals surface area (Å²) in [6, 6.07) is 4.01. The Bertz CT molecular complexity index is 433. The van der Waals surface area contributed by atoms with Crippen LogP contribution in [0.25, 0.3) is 0 Å². The summed E-state index contributed by atoms with van der Waals surface area (Å²) in [7, 11) is 0. The lowest BCUT2D eigenvalue weighted by atomic mass is 10.0. The molecule has 2 nitrogen and oxygen atoms in total. The number of hydrogen-bond donors (Lipinski definition) is 1. The lowest BCUT2D eigenvalue weighted by molar-refractivity contribution is 0.0999. The molecular weight excluding hydrogens is 369 g/mol. The van der Waals surface area contributed by atoms with E-state index in [-0.39, 0.29) is 5.91 Å². The average Bonchev–Trinajstić information content (AvgIpc) is 2.86. The molecule has 1 aliphatic rings. The second-order valence-corrected chi connectivity index (χ2v) is 6.19. The summed E-state index contributed by atoms with van der Waals surface area (Å²) in [6.07, 6.45) is 1.15. The normalized spacial score (nSPS) is 23.9. The highest BCUT2D eigenvalue weighted by molar-refractivity contribution is 14.1. The molecule has 2 unspecified atom stereocenters. The molecule has 2 N–H and O–H groups in total. The molecule has 0 saturated heterocycles. The van der Waals surface area contributed by atoms with Gasteiger partial charge in [-0.1, -0.05) is 22.0 Å². The van der Waals surface area contributed by atoms with Gasteiger partial charge in [-0.2, -0.15) is 0 Å². The second-order valence-electron chi connectivity index (χ2n) is 3.94. The number of rotatable bonds is 2. The Morgan fingerprint density at radius 3 is 2.67 bits per heavy atom.